The molecule has 33 heavy (non-hydrogen) atoms. The van der Waals surface area contributed by atoms with E-state index >= 15 is 0 Å². The molecule has 0 aliphatic carbocycles. The van der Waals surface area contributed by atoms with Crippen LogP contribution in [0.3, 0.4) is 0 Å². The Bertz CT molecular complexity index is 1120. The molecule has 0 saturated carbocycles. The lowest BCUT2D eigenvalue weighted by molar-refractivity contribution is -0.153. The maximum absolute atomic E-state index is 13.8. The average molecular weight is 468 g/mol. The number of hydrogen-bond acceptors (Lipinski definition) is 5. The average Bonchev–Trinajstić information content (AvgIpc) is 3.20. The summed E-state index contributed by atoms with van der Waals surface area (Å²) in [5, 5.41) is 2.35. The molecule has 0 fully saturated rings. The number of aryl methyl sites for hydroxylation is 1. The summed E-state index contributed by atoms with van der Waals surface area (Å²) in [6.07, 6.45) is -4.90. The number of rotatable bonds is 7. The smallest absolute Gasteiger partial charge is 0.416 e. The lowest BCUT2D eigenvalue weighted by Gasteiger charge is -2.14. The molecule has 3 aromatic rings. The van der Waals surface area contributed by atoms with Crippen LogP contribution in [-0.4, -0.2) is 23.0 Å². The number of anilines is 1. The van der Waals surface area contributed by atoms with Crippen LogP contribution < -0.4 is 5.32 Å². The molecule has 6 nitrogen and oxygen atoms in total. The Kier molecular flexibility index (Phi) is 7.10. The number of esters is 1. The molecule has 0 radical (unpaired) electrons. The molecule has 0 saturated heterocycles. The lowest BCUT2D eigenvalue weighted by Crippen LogP contribution is -2.30. The number of aromatic nitrogens is 1. The fourth-order valence-corrected chi connectivity index (χ4v) is 2.78. The van der Waals surface area contributed by atoms with E-state index in [0.29, 0.717) is 0 Å². The fourth-order valence-electron chi connectivity index (χ4n) is 2.78. The van der Waals surface area contributed by atoms with Gasteiger partial charge in [-0.15, -0.1) is 0 Å². The van der Waals surface area contributed by atoms with E-state index in [1.54, 1.807) is 0 Å². The molecule has 0 aliphatic heterocycles. The summed E-state index contributed by atoms with van der Waals surface area (Å²) in [6.45, 7) is 1.29. The van der Waals surface area contributed by atoms with Crippen molar-refractivity contribution < 1.29 is 40.7 Å². The topological polar surface area (TPSA) is 81.4 Å². The molecule has 0 spiro atoms. The number of ether oxygens (including phenoxy) is 1. The van der Waals surface area contributed by atoms with Crippen molar-refractivity contribution in [1.82, 2.24) is 4.98 Å². The Morgan fingerprint density at radius 2 is 1.73 bits per heavy atom. The number of benzene rings is 2. The minimum absolute atomic E-state index is 0.0338. The normalized spacial score (nSPS) is 12.3. The lowest BCUT2D eigenvalue weighted by atomic mass is 10.1. The third-order valence-corrected chi connectivity index (χ3v) is 4.46. The Labute approximate surface area is 184 Å². The van der Waals surface area contributed by atoms with Crippen molar-refractivity contribution in [3.05, 3.63) is 71.8 Å². The van der Waals surface area contributed by atoms with Gasteiger partial charge in [-0.2, -0.15) is 13.2 Å². The molecule has 0 aliphatic rings. The maximum atomic E-state index is 13.8. The monoisotopic (exact) mass is 468 g/mol. The van der Waals surface area contributed by atoms with E-state index in [0.717, 1.165) is 42.6 Å². The molecule has 1 heterocycles. The molecule has 1 N–H and O–H groups in total. The third-order valence-electron chi connectivity index (χ3n) is 4.46. The molecule has 174 valence electrons. The third kappa shape index (κ3) is 6.15. The number of halogens is 5. The van der Waals surface area contributed by atoms with Gasteiger partial charge in [-0.1, -0.05) is 6.07 Å². The maximum Gasteiger partial charge on any atom is 0.416 e. The highest BCUT2D eigenvalue weighted by molar-refractivity contribution is 5.95. The van der Waals surface area contributed by atoms with Crippen LogP contribution in [0.2, 0.25) is 0 Å². The van der Waals surface area contributed by atoms with E-state index in [-0.39, 0.29) is 35.7 Å². The first-order valence-corrected chi connectivity index (χ1v) is 9.61. The zero-order valence-electron chi connectivity index (χ0n) is 17.1. The Hall–Kier alpha value is -3.76. The summed E-state index contributed by atoms with van der Waals surface area (Å²) < 4.78 is 75.7. The summed E-state index contributed by atoms with van der Waals surface area (Å²) in [7, 11) is 0. The van der Waals surface area contributed by atoms with Crippen LogP contribution in [0, 0.1) is 11.6 Å². The van der Waals surface area contributed by atoms with Crippen molar-refractivity contribution in [3.8, 4) is 11.3 Å². The first-order valence-electron chi connectivity index (χ1n) is 9.61. The van der Waals surface area contributed by atoms with Crippen molar-refractivity contribution in [3.63, 3.8) is 0 Å². The second-order valence-electron chi connectivity index (χ2n) is 6.91. The van der Waals surface area contributed by atoms with Gasteiger partial charge < -0.3 is 14.5 Å². The first kappa shape index (κ1) is 23.9. The van der Waals surface area contributed by atoms with Gasteiger partial charge in [0.1, 0.15) is 11.6 Å². The van der Waals surface area contributed by atoms with Gasteiger partial charge >= 0.3 is 12.1 Å². The standard InChI is InChI=1S/C22H17F5N2O4/c1-12(21(31)29-14-7-5-13(6-8-14)22(25,26)27)32-19(30)10-9-18-28-11-17(33-18)20-15(23)3-2-4-16(20)24/h2-8,11-12H,9-10H2,1H3,(H,29,31)/t12-/m0/s1. The van der Waals surface area contributed by atoms with Gasteiger partial charge in [-0.25, -0.2) is 13.8 Å². The van der Waals surface area contributed by atoms with Gasteiger partial charge in [0.25, 0.3) is 5.91 Å². The predicted octanol–water partition coefficient (Wildman–Crippen LogP) is 5.14. The highest BCUT2D eigenvalue weighted by atomic mass is 19.4. The summed E-state index contributed by atoms with van der Waals surface area (Å²) in [5.41, 5.74) is -1.15. The van der Waals surface area contributed by atoms with Crippen LogP contribution in [0.15, 0.2) is 53.1 Å². The highest BCUT2D eigenvalue weighted by Crippen LogP contribution is 2.30. The van der Waals surface area contributed by atoms with Crippen molar-refractivity contribution in [2.45, 2.75) is 32.0 Å². The molecule has 1 atom stereocenters. The van der Waals surface area contributed by atoms with Crippen LogP contribution >= 0.6 is 0 Å². The molecule has 1 aromatic heterocycles. The van der Waals surface area contributed by atoms with Crippen LogP contribution in [-0.2, 0) is 26.9 Å². The van der Waals surface area contributed by atoms with Crippen LogP contribution in [0.1, 0.15) is 24.8 Å². The van der Waals surface area contributed by atoms with Crippen LogP contribution in [0.5, 0.6) is 0 Å². The van der Waals surface area contributed by atoms with E-state index < -0.39 is 41.4 Å². The van der Waals surface area contributed by atoms with E-state index in [9.17, 15) is 31.5 Å². The zero-order chi connectivity index (χ0) is 24.2. The number of carbonyl (C=O) groups excluding carboxylic acids is 2. The van der Waals surface area contributed by atoms with Gasteiger partial charge in [0, 0.05) is 12.1 Å². The Balaban J connectivity index is 1.50. The number of amides is 1. The molecule has 1 amide bonds. The Morgan fingerprint density at radius 3 is 2.33 bits per heavy atom. The van der Waals surface area contributed by atoms with Gasteiger partial charge in [0.2, 0.25) is 0 Å². The Morgan fingerprint density at radius 1 is 1.09 bits per heavy atom. The van der Waals surface area contributed by atoms with Gasteiger partial charge in [0.15, 0.2) is 17.8 Å². The van der Waals surface area contributed by atoms with Crippen LogP contribution in [0.25, 0.3) is 11.3 Å². The summed E-state index contributed by atoms with van der Waals surface area (Å²) in [6, 6.07) is 7.11. The van der Waals surface area contributed by atoms with Crippen molar-refractivity contribution in [1.29, 1.82) is 0 Å². The number of nitrogens with one attached hydrogen (secondary N) is 1. The number of alkyl halides is 3. The SMILES string of the molecule is C[C@H](OC(=O)CCc1ncc(-c2c(F)cccc2F)o1)C(=O)Nc1ccc(C(F)(F)F)cc1. The second-order valence-corrected chi connectivity index (χ2v) is 6.91. The van der Waals surface area contributed by atoms with E-state index in [2.05, 4.69) is 10.3 Å². The molecule has 11 heteroatoms. The summed E-state index contributed by atoms with van der Waals surface area (Å²) in [5.74, 6) is -3.28. The van der Waals surface area contributed by atoms with Gasteiger partial charge in [-0.3, -0.25) is 9.59 Å². The molecule has 0 unspecified atom stereocenters. The molecule has 2 aromatic carbocycles. The number of oxazole rings is 1. The van der Waals surface area contributed by atoms with E-state index in [1.165, 1.54) is 13.0 Å². The zero-order valence-corrected chi connectivity index (χ0v) is 17.1. The van der Waals surface area contributed by atoms with Crippen molar-refractivity contribution in [2.24, 2.45) is 0 Å². The molecule has 0 bridgehead atoms. The quantitative estimate of drug-likeness (QED) is 0.384. The fraction of sp³-hybridized carbons (Fsp3) is 0.227. The molecular formula is C22H17F5N2O4. The van der Waals surface area contributed by atoms with Gasteiger partial charge in [0.05, 0.1) is 23.7 Å². The number of hydrogen-bond donors (Lipinski definition) is 1. The minimum atomic E-state index is -4.50. The largest absolute Gasteiger partial charge is 0.453 e. The van der Waals surface area contributed by atoms with E-state index in [1.807, 2.05) is 0 Å². The summed E-state index contributed by atoms with van der Waals surface area (Å²) in [4.78, 5) is 28.0. The van der Waals surface area contributed by atoms with Gasteiger partial charge in [-0.05, 0) is 43.3 Å². The van der Waals surface area contributed by atoms with E-state index in [4.69, 9.17) is 9.15 Å². The highest BCUT2D eigenvalue weighted by Gasteiger charge is 2.30. The minimum Gasteiger partial charge on any atom is -0.453 e. The number of carbonyl (C=O) groups is 2. The summed E-state index contributed by atoms with van der Waals surface area (Å²) >= 11 is 0. The number of nitrogens with zero attached hydrogens (tertiary/aromatic N) is 1. The second kappa shape index (κ2) is 9.80. The predicted molar refractivity (Wildman–Crippen MR) is 106 cm³/mol. The van der Waals surface area contributed by atoms with Crippen LogP contribution in [0.4, 0.5) is 27.6 Å². The molecular weight excluding hydrogens is 451 g/mol. The van der Waals surface area contributed by atoms with Crippen molar-refractivity contribution in [2.75, 3.05) is 5.32 Å². The van der Waals surface area contributed by atoms with Crippen molar-refractivity contribution >= 4 is 17.6 Å². The molecule has 3 rings (SSSR count). The first-order chi connectivity index (χ1) is 15.5.